The summed E-state index contributed by atoms with van der Waals surface area (Å²) in [4.78, 5) is 15.5. The number of likely N-dealkylation sites (N-methyl/N-ethyl adjacent to an activating group) is 1. The van der Waals surface area contributed by atoms with E-state index in [0.717, 1.165) is 52.2 Å². The van der Waals surface area contributed by atoms with Gasteiger partial charge in [0.25, 0.3) is 0 Å². The Hall–Kier alpha value is -2.11. The summed E-state index contributed by atoms with van der Waals surface area (Å²) in [7, 11) is 0. The lowest BCUT2D eigenvalue weighted by Crippen LogP contribution is -2.28. The number of hydrogen-bond acceptors (Lipinski definition) is 5. The molecule has 0 unspecified atom stereocenters. The summed E-state index contributed by atoms with van der Waals surface area (Å²) in [5.74, 6) is 0. The number of nitrogens with one attached hydrogen (secondary N) is 1. The Kier molecular flexibility index (Phi) is 5.25. The van der Waals surface area contributed by atoms with E-state index >= 15 is 0 Å². The zero-order valence-corrected chi connectivity index (χ0v) is 15.9. The average Bonchev–Trinajstić information content (AvgIpc) is 2.62. The van der Waals surface area contributed by atoms with E-state index in [1.807, 2.05) is 31.2 Å². The molecule has 2 aromatic carbocycles. The highest BCUT2D eigenvalue weighted by atomic mass is 32.1. The lowest BCUT2D eigenvalue weighted by Gasteiger charge is -2.19. The summed E-state index contributed by atoms with van der Waals surface area (Å²) in [5, 5.41) is 4.95. The highest BCUT2D eigenvalue weighted by molar-refractivity contribution is 7.25. The molecule has 3 rings (SSSR count). The molecule has 4 nitrogen and oxygen atoms in total. The Morgan fingerprint density at radius 3 is 2.60 bits per heavy atom. The number of fused-ring (bicyclic) bond motifs is 2. The summed E-state index contributed by atoms with van der Waals surface area (Å²) >= 11 is 1.61. The van der Waals surface area contributed by atoms with E-state index in [1.165, 1.54) is 0 Å². The van der Waals surface area contributed by atoms with Gasteiger partial charge in [0.15, 0.2) is 5.43 Å². The maximum Gasteiger partial charge on any atom is 0.198 e. The van der Waals surface area contributed by atoms with Crippen molar-refractivity contribution >= 4 is 42.9 Å². The second-order valence-corrected chi connectivity index (χ2v) is 7.26. The van der Waals surface area contributed by atoms with Crippen LogP contribution in [0, 0.1) is 6.92 Å². The first-order valence-corrected chi connectivity index (χ1v) is 9.59. The third kappa shape index (κ3) is 3.34. The summed E-state index contributed by atoms with van der Waals surface area (Å²) in [6, 6.07) is 9.66. The largest absolute Gasteiger partial charge is 0.398 e. The fourth-order valence-electron chi connectivity index (χ4n) is 3.16. The summed E-state index contributed by atoms with van der Waals surface area (Å²) in [6.45, 7) is 10.2. The maximum absolute atomic E-state index is 13.1. The van der Waals surface area contributed by atoms with Crippen molar-refractivity contribution < 1.29 is 0 Å². The zero-order chi connectivity index (χ0) is 18.0. The average molecular weight is 356 g/mol. The van der Waals surface area contributed by atoms with E-state index in [9.17, 15) is 4.79 Å². The Labute approximate surface area is 152 Å². The van der Waals surface area contributed by atoms with Gasteiger partial charge in [-0.2, -0.15) is 0 Å². The fourth-order valence-corrected chi connectivity index (χ4v) is 4.36. The van der Waals surface area contributed by atoms with Gasteiger partial charge >= 0.3 is 0 Å². The lowest BCUT2D eigenvalue weighted by atomic mass is 10.1. The molecule has 0 saturated carbocycles. The van der Waals surface area contributed by atoms with Crippen molar-refractivity contribution in [2.24, 2.45) is 0 Å². The van der Waals surface area contributed by atoms with E-state index in [4.69, 9.17) is 5.73 Å². The number of rotatable bonds is 6. The van der Waals surface area contributed by atoms with Crippen LogP contribution >= 0.6 is 11.3 Å². The number of benzene rings is 2. The summed E-state index contributed by atoms with van der Waals surface area (Å²) in [5.41, 5.74) is 8.85. The van der Waals surface area contributed by atoms with Crippen LogP contribution in [0.1, 0.15) is 19.4 Å². The molecule has 0 saturated heterocycles. The van der Waals surface area contributed by atoms with Gasteiger partial charge in [-0.3, -0.25) is 4.79 Å². The minimum atomic E-state index is 0.0603. The van der Waals surface area contributed by atoms with E-state index in [-0.39, 0.29) is 5.43 Å². The second-order valence-electron chi connectivity index (χ2n) is 6.24. The van der Waals surface area contributed by atoms with Gasteiger partial charge in [-0.15, -0.1) is 11.3 Å². The van der Waals surface area contributed by atoms with Crippen LogP contribution in [-0.4, -0.2) is 31.1 Å². The maximum atomic E-state index is 13.1. The second kappa shape index (κ2) is 7.42. The van der Waals surface area contributed by atoms with Gasteiger partial charge in [0.05, 0.1) is 10.1 Å². The number of anilines is 2. The zero-order valence-electron chi connectivity index (χ0n) is 15.1. The molecule has 0 atom stereocenters. The van der Waals surface area contributed by atoms with Crippen LogP contribution < -0.4 is 16.5 Å². The lowest BCUT2D eigenvalue weighted by molar-refractivity contribution is 0.316. The van der Waals surface area contributed by atoms with Crippen molar-refractivity contribution in [2.75, 3.05) is 37.2 Å². The Morgan fingerprint density at radius 2 is 1.88 bits per heavy atom. The topological polar surface area (TPSA) is 58.4 Å². The van der Waals surface area contributed by atoms with Crippen molar-refractivity contribution in [3.63, 3.8) is 0 Å². The molecule has 3 aromatic rings. The first-order chi connectivity index (χ1) is 12.1. The van der Waals surface area contributed by atoms with Crippen molar-refractivity contribution in [3.8, 4) is 0 Å². The third-order valence-electron chi connectivity index (χ3n) is 4.71. The van der Waals surface area contributed by atoms with Gasteiger partial charge in [0.2, 0.25) is 0 Å². The number of nitrogens with two attached hydrogens (primary N) is 1. The van der Waals surface area contributed by atoms with Crippen molar-refractivity contribution in [3.05, 3.63) is 46.1 Å². The number of nitrogens with zero attached hydrogens (tertiary/aromatic N) is 1. The molecule has 5 heteroatoms. The Bertz CT molecular complexity index is 960. The molecule has 3 N–H and O–H groups in total. The van der Waals surface area contributed by atoms with Gasteiger partial charge in [-0.1, -0.05) is 26.0 Å². The molecule has 132 valence electrons. The third-order valence-corrected chi connectivity index (χ3v) is 6.10. The monoisotopic (exact) mass is 355 g/mol. The highest BCUT2D eigenvalue weighted by Crippen LogP contribution is 2.33. The van der Waals surface area contributed by atoms with Gasteiger partial charge in [0.1, 0.15) is 0 Å². The molecular formula is C20H25N3OS. The van der Waals surface area contributed by atoms with Gasteiger partial charge in [0, 0.05) is 34.6 Å². The standard InChI is InChI=1S/C20H25N3OS/c1-4-23(5-2)12-11-22-16-10-9-13(3)19-17(16)18(24)14-7-6-8-15(21)20(14)25-19/h6-10,22H,4-5,11-12,21H2,1-3H3. The Morgan fingerprint density at radius 1 is 1.12 bits per heavy atom. The van der Waals surface area contributed by atoms with Crippen molar-refractivity contribution in [1.82, 2.24) is 4.90 Å². The van der Waals surface area contributed by atoms with Crippen molar-refractivity contribution in [1.29, 1.82) is 0 Å². The molecule has 0 fully saturated rings. The van der Waals surface area contributed by atoms with Crippen LogP contribution in [0.2, 0.25) is 0 Å². The molecule has 1 heterocycles. The molecular weight excluding hydrogens is 330 g/mol. The fraction of sp³-hybridized carbons (Fsp3) is 0.350. The van der Waals surface area contributed by atoms with Crippen LogP contribution in [0.15, 0.2) is 35.1 Å². The summed E-state index contributed by atoms with van der Waals surface area (Å²) in [6.07, 6.45) is 0. The van der Waals surface area contributed by atoms with Crippen LogP contribution in [-0.2, 0) is 0 Å². The Balaban J connectivity index is 2.08. The van der Waals surface area contributed by atoms with Gasteiger partial charge in [-0.25, -0.2) is 0 Å². The van der Waals surface area contributed by atoms with Crippen LogP contribution in [0.25, 0.3) is 20.2 Å². The molecule has 0 bridgehead atoms. The molecule has 0 spiro atoms. The molecule has 0 aliphatic carbocycles. The van der Waals surface area contributed by atoms with Crippen LogP contribution in [0.5, 0.6) is 0 Å². The first-order valence-electron chi connectivity index (χ1n) is 8.77. The van der Waals surface area contributed by atoms with E-state index in [0.29, 0.717) is 11.1 Å². The normalized spacial score (nSPS) is 11.5. The van der Waals surface area contributed by atoms with E-state index in [2.05, 4.69) is 30.1 Å². The quantitative estimate of drug-likeness (QED) is 0.517. The number of aryl methyl sites for hydroxylation is 1. The summed E-state index contributed by atoms with van der Waals surface area (Å²) < 4.78 is 1.90. The highest BCUT2D eigenvalue weighted by Gasteiger charge is 2.13. The molecule has 0 amide bonds. The molecule has 0 radical (unpaired) electrons. The minimum Gasteiger partial charge on any atom is -0.398 e. The van der Waals surface area contributed by atoms with Gasteiger partial charge in [-0.05, 0) is 43.8 Å². The van der Waals surface area contributed by atoms with E-state index < -0.39 is 0 Å². The van der Waals surface area contributed by atoms with Crippen LogP contribution in [0.4, 0.5) is 11.4 Å². The molecule has 1 aromatic heterocycles. The molecule has 0 aliphatic rings. The van der Waals surface area contributed by atoms with Gasteiger partial charge < -0.3 is 16.0 Å². The first kappa shape index (κ1) is 17.7. The molecule has 25 heavy (non-hydrogen) atoms. The number of hydrogen-bond donors (Lipinski definition) is 2. The molecule has 0 aliphatic heterocycles. The van der Waals surface area contributed by atoms with Crippen LogP contribution in [0.3, 0.4) is 0 Å². The smallest absolute Gasteiger partial charge is 0.198 e. The SMILES string of the molecule is CCN(CC)CCNc1ccc(C)c2sc3c(N)cccc3c(=O)c12. The van der Waals surface area contributed by atoms with E-state index in [1.54, 1.807) is 11.3 Å². The predicted octanol–water partition coefficient (Wildman–Crippen LogP) is 4.06. The van der Waals surface area contributed by atoms with Crippen molar-refractivity contribution in [2.45, 2.75) is 20.8 Å². The predicted molar refractivity (Wildman–Crippen MR) is 111 cm³/mol. The number of nitrogen functional groups attached to an aromatic ring is 1. The minimum absolute atomic E-state index is 0.0603.